The number of hydrogen-bond acceptors (Lipinski definition) is 11. The molecule has 1 saturated heterocycles. The number of ether oxygens (including phenoxy) is 3. The standard InChI is InChI=1S/C22H33N6O7P/c1-5-32-19-15-18(26-21(23)27-19)28(11-25-15)16-17-22(16,4)10-14(35-17)6-8-34-36(30,31)12-24-7-9-33-20(29)13(2)3/h11-14,16-17H,5-10H2,1-4H3,(H,30,31)(H2,23,26,27)/t14-,16?,17+,22?/m1/s1. The van der Waals surface area contributed by atoms with Crippen molar-refractivity contribution < 1.29 is 33.0 Å². The molecular formula is C22H33N6O7P. The van der Waals surface area contributed by atoms with Gasteiger partial charge in [-0.3, -0.25) is 14.4 Å². The van der Waals surface area contributed by atoms with Gasteiger partial charge in [0.1, 0.15) is 12.6 Å². The van der Waals surface area contributed by atoms with Crippen LogP contribution in [0.15, 0.2) is 11.3 Å². The molecule has 3 N–H and O–H groups in total. The third-order valence-electron chi connectivity index (χ3n) is 6.38. The summed E-state index contributed by atoms with van der Waals surface area (Å²) in [5, 5.41) is 0. The number of carbonyl (C=O) groups excluding carboxylic acids is 1. The number of hydrogen-bond donors (Lipinski definition) is 2. The van der Waals surface area contributed by atoms with Crippen LogP contribution in [0, 0.1) is 11.3 Å². The molecule has 3 heterocycles. The van der Waals surface area contributed by atoms with Gasteiger partial charge in [-0.1, -0.05) is 20.8 Å². The van der Waals surface area contributed by atoms with Gasteiger partial charge in [-0.15, -0.1) is 0 Å². The van der Waals surface area contributed by atoms with E-state index in [0.717, 1.165) is 12.4 Å². The van der Waals surface area contributed by atoms with E-state index in [9.17, 15) is 14.3 Å². The minimum absolute atomic E-state index is 0.0392. The summed E-state index contributed by atoms with van der Waals surface area (Å²) in [6.45, 7) is 8.07. The lowest BCUT2D eigenvalue weighted by Crippen LogP contribution is -2.17. The number of aliphatic imine (C=N–C) groups is 1. The van der Waals surface area contributed by atoms with E-state index in [4.69, 9.17) is 24.5 Å². The van der Waals surface area contributed by atoms with Gasteiger partial charge in [-0.25, -0.2) is 4.98 Å². The molecule has 1 aliphatic heterocycles. The average Bonchev–Trinajstić information content (AvgIpc) is 3.09. The maximum atomic E-state index is 12.2. The first kappa shape index (κ1) is 26.5. The van der Waals surface area contributed by atoms with Crippen LogP contribution in [0.2, 0.25) is 0 Å². The first-order valence-electron chi connectivity index (χ1n) is 12.0. The van der Waals surface area contributed by atoms with Crippen LogP contribution in [0.3, 0.4) is 0 Å². The molecule has 2 fully saturated rings. The molecule has 5 atom stereocenters. The fraction of sp³-hybridized carbons (Fsp3) is 0.682. The quantitative estimate of drug-likeness (QED) is 0.180. The Balaban J connectivity index is 1.25. The largest absolute Gasteiger partial charge is 0.476 e. The van der Waals surface area contributed by atoms with E-state index in [-0.39, 0.29) is 61.3 Å². The highest BCUT2D eigenvalue weighted by molar-refractivity contribution is 7.68. The van der Waals surface area contributed by atoms with Crippen LogP contribution in [0.1, 0.15) is 46.6 Å². The lowest BCUT2D eigenvalue weighted by molar-refractivity contribution is -0.146. The third-order valence-corrected chi connectivity index (χ3v) is 7.38. The van der Waals surface area contributed by atoms with E-state index in [0.29, 0.717) is 30.1 Å². The second kappa shape index (κ2) is 10.4. The summed E-state index contributed by atoms with van der Waals surface area (Å²) in [5.74, 6) is 0.790. The van der Waals surface area contributed by atoms with Crippen LogP contribution in [0.4, 0.5) is 5.95 Å². The zero-order chi connectivity index (χ0) is 26.1. The molecule has 198 valence electrons. The zero-order valence-electron chi connectivity index (χ0n) is 20.9. The van der Waals surface area contributed by atoms with Crippen molar-refractivity contribution in [2.75, 3.05) is 32.1 Å². The van der Waals surface area contributed by atoms with Crippen molar-refractivity contribution >= 4 is 36.6 Å². The van der Waals surface area contributed by atoms with Crippen LogP contribution in [0.25, 0.3) is 11.2 Å². The van der Waals surface area contributed by atoms with Crippen molar-refractivity contribution in [3.8, 4) is 5.88 Å². The normalized spacial score (nSPS) is 26.9. The van der Waals surface area contributed by atoms with Gasteiger partial charge < -0.3 is 33.9 Å². The lowest BCUT2D eigenvalue weighted by Gasteiger charge is -2.18. The highest BCUT2D eigenvalue weighted by Gasteiger charge is 2.69. The zero-order valence-corrected chi connectivity index (χ0v) is 21.8. The predicted octanol–water partition coefficient (Wildman–Crippen LogP) is 2.35. The van der Waals surface area contributed by atoms with Gasteiger partial charge in [-0.2, -0.15) is 9.97 Å². The summed E-state index contributed by atoms with van der Waals surface area (Å²) in [7, 11) is -3.99. The van der Waals surface area contributed by atoms with E-state index in [1.807, 2.05) is 11.5 Å². The molecule has 2 aliphatic rings. The third kappa shape index (κ3) is 5.54. The summed E-state index contributed by atoms with van der Waals surface area (Å²) >= 11 is 0. The monoisotopic (exact) mass is 524 g/mol. The maximum Gasteiger partial charge on any atom is 0.369 e. The molecule has 3 unspecified atom stereocenters. The van der Waals surface area contributed by atoms with Crippen LogP contribution in [0.5, 0.6) is 5.88 Å². The van der Waals surface area contributed by atoms with E-state index < -0.39 is 7.60 Å². The maximum absolute atomic E-state index is 12.2. The van der Waals surface area contributed by atoms with Gasteiger partial charge in [0.2, 0.25) is 11.8 Å². The van der Waals surface area contributed by atoms with Gasteiger partial charge in [-0.05, 0) is 19.8 Å². The van der Waals surface area contributed by atoms with Crippen LogP contribution in [-0.2, 0) is 23.4 Å². The van der Waals surface area contributed by atoms with Crippen molar-refractivity contribution in [2.45, 2.75) is 58.8 Å². The lowest BCUT2D eigenvalue weighted by atomic mass is 10.00. The van der Waals surface area contributed by atoms with Crippen LogP contribution >= 0.6 is 7.60 Å². The number of nitrogens with two attached hydrogens (primary N) is 1. The number of anilines is 1. The number of aromatic nitrogens is 4. The Labute approximate surface area is 208 Å². The number of fused-ring (bicyclic) bond motifs is 2. The van der Waals surface area contributed by atoms with Gasteiger partial charge in [0.05, 0.1) is 50.3 Å². The Morgan fingerprint density at radius 3 is 2.89 bits per heavy atom. The molecule has 0 aromatic carbocycles. The Morgan fingerprint density at radius 1 is 1.44 bits per heavy atom. The van der Waals surface area contributed by atoms with Crippen LogP contribution < -0.4 is 10.5 Å². The van der Waals surface area contributed by atoms with Crippen molar-refractivity contribution in [1.82, 2.24) is 19.5 Å². The first-order valence-corrected chi connectivity index (χ1v) is 13.6. The van der Waals surface area contributed by atoms with Crippen molar-refractivity contribution in [3.63, 3.8) is 0 Å². The molecule has 0 amide bonds. The summed E-state index contributed by atoms with van der Waals surface area (Å²) in [5.41, 5.74) is 6.91. The van der Waals surface area contributed by atoms with Gasteiger partial charge in [0, 0.05) is 5.41 Å². The minimum atomic E-state index is -3.99. The molecule has 0 spiro atoms. The molecule has 13 nitrogen and oxygen atoms in total. The Morgan fingerprint density at radius 2 is 2.22 bits per heavy atom. The average molecular weight is 525 g/mol. The molecular weight excluding hydrogens is 491 g/mol. The fourth-order valence-electron chi connectivity index (χ4n) is 4.57. The Kier molecular flexibility index (Phi) is 7.65. The second-order valence-electron chi connectivity index (χ2n) is 9.51. The van der Waals surface area contributed by atoms with Crippen LogP contribution in [-0.4, -0.2) is 74.9 Å². The molecule has 0 radical (unpaired) electrons. The van der Waals surface area contributed by atoms with E-state index in [1.54, 1.807) is 20.2 Å². The molecule has 2 aromatic rings. The molecule has 4 rings (SSSR count). The summed E-state index contributed by atoms with van der Waals surface area (Å²) in [6.07, 6.45) is 2.80. The fourth-order valence-corrected chi connectivity index (χ4v) is 5.32. The molecule has 36 heavy (non-hydrogen) atoms. The second-order valence-corrected chi connectivity index (χ2v) is 11.1. The van der Waals surface area contributed by atoms with E-state index in [1.165, 1.54) is 0 Å². The van der Waals surface area contributed by atoms with Crippen molar-refractivity contribution in [1.29, 1.82) is 0 Å². The number of nitrogens with zero attached hydrogens (tertiary/aromatic N) is 5. The Bertz CT molecular complexity index is 1190. The highest BCUT2D eigenvalue weighted by Crippen LogP contribution is 2.66. The van der Waals surface area contributed by atoms with Gasteiger partial charge in [0.25, 0.3) is 0 Å². The van der Waals surface area contributed by atoms with E-state index in [2.05, 4.69) is 26.9 Å². The summed E-state index contributed by atoms with van der Waals surface area (Å²) in [6, 6.07) is 0.0457. The highest BCUT2D eigenvalue weighted by atomic mass is 31.2. The number of rotatable bonds is 12. The molecule has 1 aliphatic carbocycles. The Hall–Kier alpha value is -2.60. The SMILES string of the molecule is CCOc1nc(N)nc2c1ncn2C1[C@@H]2O[C@H](CCOP(=O)(O)C=NCCOC(=O)C(C)C)CC12C. The van der Waals surface area contributed by atoms with Gasteiger partial charge >= 0.3 is 13.6 Å². The smallest absolute Gasteiger partial charge is 0.369 e. The van der Waals surface area contributed by atoms with Gasteiger partial charge in [0.15, 0.2) is 11.2 Å². The summed E-state index contributed by atoms with van der Waals surface area (Å²) in [4.78, 5) is 38.1. The minimum Gasteiger partial charge on any atom is -0.476 e. The van der Waals surface area contributed by atoms with Crippen molar-refractivity contribution in [2.24, 2.45) is 16.3 Å². The number of nitrogen functional groups attached to an aromatic ring is 1. The van der Waals surface area contributed by atoms with Crippen molar-refractivity contribution in [3.05, 3.63) is 6.33 Å². The number of imidazole rings is 1. The summed E-state index contributed by atoms with van der Waals surface area (Å²) < 4.78 is 36.0. The molecule has 0 bridgehead atoms. The predicted molar refractivity (Wildman–Crippen MR) is 131 cm³/mol. The first-order chi connectivity index (χ1) is 17.1. The van der Waals surface area contributed by atoms with E-state index >= 15 is 0 Å². The number of carbonyl (C=O) groups is 1. The molecule has 1 saturated carbocycles. The molecule has 2 aromatic heterocycles. The number of esters is 1. The molecule has 14 heteroatoms. The topological polar surface area (TPSA) is 173 Å².